The molecule has 1 aliphatic carbocycles. The molecule has 0 amide bonds. The van der Waals surface area contributed by atoms with Gasteiger partial charge in [-0.3, -0.25) is 0 Å². The number of fused-ring (bicyclic) bond motifs is 3. The van der Waals surface area contributed by atoms with E-state index in [2.05, 4.69) is 64.6 Å². The predicted molar refractivity (Wildman–Crippen MR) is 111 cm³/mol. The molecule has 5 rings (SSSR count). The molecule has 130 valence electrons. The first-order valence-corrected chi connectivity index (χ1v) is 9.48. The molecule has 3 aromatic carbocycles. The van der Waals surface area contributed by atoms with Gasteiger partial charge in [-0.2, -0.15) is 0 Å². The molecule has 3 heteroatoms. The molecule has 1 heterocycles. The first kappa shape index (κ1) is 16.2. The van der Waals surface area contributed by atoms with Crippen LogP contribution in [0.25, 0.3) is 33.6 Å². The van der Waals surface area contributed by atoms with E-state index in [1.807, 2.05) is 24.3 Å². The van der Waals surface area contributed by atoms with E-state index in [1.165, 1.54) is 27.8 Å². The Balaban J connectivity index is 1.71. The number of hydrogen-bond donors (Lipinski definition) is 0. The molecule has 0 saturated carbocycles. The summed E-state index contributed by atoms with van der Waals surface area (Å²) in [6.07, 6.45) is 1.91. The highest BCUT2D eigenvalue weighted by Gasteiger charge is 2.23. The topological polar surface area (TPSA) is 25.8 Å². The minimum atomic E-state index is 0.297. The van der Waals surface area contributed by atoms with Gasteiger partial charge in [0.25, 0.3) is 0 Å². The summed E-state index contributed by atoms with van der Waals surface area (Å²) in [5, 5.41) is 0.297. The summed E-state index contributed by atoms with van der Waals surface area (Å²) in [4.78, 5) is 9.19. The third kappa shape index (κ3) is 2.92. The molecule has 1 aromatic heterocycles. The molecular formula is C24H17ClN2. The van der Waals surface area contributed by atoms with E-state index in [-0.39, 0.29) is 0 Å². The summed E-state index contributed by atoms with van der Waals surface area (Å²) in [7, 11) is 0. The van der Waals surface area contributed by atoms with E-state index in [4.69, 9.17) is 11.6 Å². The zero-order valence-corrected chi connectivity index (χ0v) is 15.4. The quantitative estimate of drug-likeness (QED) is 0.392. The molecule has 0 spiro atoms. The van der Waals surface area contributed by atoms with Crippen molar-refractivity contribution in [1.82, 2.24) is 9.97 Å². The van der Waals surface area contributed by atoms with Crippen molar-refractivity contribution in [3.8, 4) is 33.6 Å². The lowest BCUT2D eigenvalue weighted by molar-refractivity contribution is 0.914. The number of aryl methyl sites for hydroxylation is 1. The molecule has 0 bridgehead atoms. The summed E-state index contributed by atoms with van der Waals surface area (Å²) >= 11 is 6.33. The summed E-state index contributed by atoms with van der Waals surface area (Å²) in [5.41, 5.74) is 9.06. The van der Waals surface area contributed by atoms with Crippen LogP contribution < -0.4 is 0 Å². The van der Waals surface area contributed by atoms with Crippen molar-refractivity contribution in [2.24, 2.45) is 0 Å². The number of hydrogen-bond acceptors (Lipinski definition) is 2. The Bertz CT molecular complexity index is 1120. The molecule has 0 aliphatic heterocycles. The van der Waals surface area contributed by atoms with Crippen LogP contribution >= 0.6 is 11.6 Å². The van der Waals surface area contributed by atoms with Crippen LogP contribution in [0.3, 0.4) is 0 Å². The van der Waals surface area contributed by atoms with Gasteiger partial charge in [0.1, 0.15) is 0 Å². The normalized spacial score (nSPS) is 12.3. The second kappa shape index (κ2) is 6.64. The average Bonchev–Trinajstić information content (AvgIpc) is 2.74. The van der Waals surface area contributed by atoms with Crippen LogP contribution in [0.2, 0.25) is 5.28 Å². The average molecular weight is 369 g/mol. The third-order valence-electron chi connectivity index (χ3n) is 5.14. The number of aromatic nitrogens is 2. The fourth-order valence-corrected chi connectivity index (χ4v) is 4.00. The summed E-state index contributed by atoms with van der Waals surface area (Å²) in [6, 6.07) is 27.3. The maximum Gasteiger partial charge on any atom is 0.223 e. The highest BCUT2D eigenvalue weighted by atomic mass is 35.5. The van der Waals surface area contributed by atoms with Gasteiger partial charge in [0.05, 0.1) is 11.4 Å². The van der Waals surface area contributed by atoms with Gasteiger partial charge in [0, 0.05) is 16.7 Å². The van der Waals surface area contributed by atoms with E-state index >= 15 is 0 Å². The van der Waals surface area contributed by atoms with Crippen molar-refractivity contribution in [1.29, 1.82) is 0 Å². The van der Waals surface area contributed by atoms with Gasteiger partial charge in [-0.05, 0) is 47.2 Å². The fraction of sp³-hybridized carbons (Fsp3) is 0.0833. The molecule has 1 aliphatic rings. The smallest absolute Gasteiger partial charge is 0.218 e. The standard InChI is InChI=1S/C24H17ClN2/c25-24-26-22(18-9-5-2-6-10-18)20-14-13-17-11-12-19(15-21(17)23(20)27-24)16-7-3-1-4-8-16/h1-12,15H,13-14H2. The molecule has 0 atom stereocenters. The van der Waals surface area contributed by atoms with E-state index in [9.17, 15) is 0 Å². The predicted octanol–water partition coefficient (Wildman–Crippen LogP) is 6.23. The highest BCUT2D eigenvalue weighted by Crippen LogP contribution is 2.39. The van der Waals surface area contributed by atoms with Gasteiger partial charge in [-0.25, -0.2) is 9.97 Å². The highest BCUT2D eigenvalue weighted by molar-refractivity contribution is 6.28. The minimum Gasteiger partial charge on any atom is -0.218 e. The fourth-order valence-electron chi connectivity index (χ4n) is 3.84. The van der Waals surface area contributed by atoms with E-state index in [1.54, 1.807) is 0 Å². The largest absolute Gasteiger partial charge is 0.223 e. The number of halogens is 1. The third-order valence-corrected chi connectivity index (χ3v) is 5.31. The Kier molecular flexibility index (Phi) is 3.99. The Hall–Kier alpha value is -2.97. The van der Waals surface area contributed by atoms with Crippen molar-refractivity contribution in [3.63, 3.8) is 0 Å². The molecule has 4 aromatic rings. The van der Waals surface area contributed by atoms with Crippen LogP contribution in [-0.4, -0.2) is 9.97 Å². The Morgan fingerprint density at radius 1 is 0.630 bits per heavy atom. The molecule has 0 saturated heterocycles. The Labute approximate surface area is 163 Å². The second-order valence-electron chi connectivity index (χ2n) is 6.77. The van der Waals surface area contributed by atoms with Crippen LogP contribution in [0.1, 0.15) is 11.1 Å². The van der Waals surface area contributed by atoms with Gasteiger partial charge in [-0.1, -0.05) is 72.8 Å². The number of rotatable bonds is 2. The molecule has 0 radical (unpaired) electrons. The maximum absolute atomic E-state index is 6.33. The van der Waals surface area contributed by atoms with Gasteiger partial charge < -0.3 is 0 Å². The van der Waals surface area contributed by atoms with Gasteiger partial charge >= 0.3 is 0 Å². The maximum atomic E-state index is 6.33. The van der Waals surface area contributed by atoms with Crippen molar-refractivity contribution in [2.45, 2.75) is 12.8 Å². The minimum absolute atomic E-state index is 0.297. The Morgan fingerprint density at radius 2 is 1.30 bits per heavy atom. The van der Waals surface area contributed by atoms with Crippen molar-refractivity contribution < 1.29 is 0 Å². The van der Waals surface area contributed by atoms with E-state index in [0.29, 0.717) is 5.28 Å². The van der Waals surface area contributed by atoms with Gasteiger partial charge in [-0.15, -0.1) is 0 Å². The van der Waals surface area contributed by atoms with Crippen molar-refractivity contribution in [2.75, 3.05) is 0 Å². The van der Waals surface area contributed by atoms with Gasteiger partial charge in [0.15, 0.2) is 0 Å². The monoisotopic (exact) mass is 368 g/mol. The lowest BCUT2D eigenvalue weighted by Crippen LogP contribution is -2.09. The number of benzene rings is 3. The zero-order valence-electron chi connectivity index (χ0n) is 14.7. The number of nitrogens with zero attached hydrogens (tertiary/aromatic N) is 2. The first-order valence-electron chi connectivity index (χ1n) is 9.10. The van der Waals surface area contributed by atoms with Crippen molar-refractivity contribution in [3.05, 3.63) is 95.3 Å². The first-order chi connectivity index (χ1) is 13.3. The summed E-state index contributed by atoms with van der Waals surface area (Å²) < 4.78 is 0. The van der Waals surface area contributed by atoms with Crippen LogP contribution in [0, 0.1) is 0 Å². The zero-order chi connectivity index (χ0) is 18.2. The van der Waals surface area contributed by atoms with Crippen molar-refractivity contribution >= 4 is 11.6 Å². The van der Waals surface area contributed by atoms with Crippen LogP contribution in [0.15, 0.2) is 78.9 Å². The van der Waals surface area contributed by atoms with Crippen LogP contribution in [-0.2, 0) is 12.8 Å². The molecule has 0 unspecified atom stereocenters. The lowest BCUT2D eigenvalue weighted by atomic mass is 9.85. The molecule has 0 N–H and O–H groups in total. The van der Waals surface area contributed by atoms with E-state index in [0.717, 1.165) is 29.8 Å². The molecular weight excluding hydrogens is 352 g/mol. The second-order valence-corrected chi connectivity index (χ2v) is 7.11. The van der Waals surface area contributed by atoms with Gasteiger partial charge in [0.2, 0.25) is 5.28 Å². The molecule has 27 heavy (non-hydrogen) atoms. The Morgan fingerprint density at radius 3 is 2.04 bits per heavy atom. The SMILES string of the molecule is Clc1nc(-c2ccccc2)c2c(n1)-c1cc(-c3ccccc3)ccc1CC2. The lowest BCUT2D eigenvalue weighted by Gasteiger charge is -2.22. The van der Waals surface area contributed by atoms with E-state index < -0.39 is 0 Å². The van der Waals surface area contributed by atoms with Crippen LogP contribution in [0.5, 0.6) is 0 Å². The molecule has 2 nitrogen and oxygen atoms in total. The summed E-state index contributed by atoms with van der Waals surface area (Å²) in [6.45, 7) is 0. The van der Waals surface area contributed by atoms with Crippen LogP contribution in [0.4, 0.5) is 0 Å². The summed E-state index contributed by atoms with van der Waals surface area (Å²) in [5.74, 6) is 0. The molecule has 0 fully saturated rings.